The van der Waals surface area contributed by atoms with Crippen molar-refractivity contribution < 1.29 is 4.79 Å². The van der Waals surface area contributed by atoms with E-state index >= 15 is 0 Å². The summed E-state index contributed by atoms with van der Waals surface area (Å²) in [6, 6.07) is 1.22. The van der Waals surface area contributed by atoms with Gasteiger partial charge in [0.05, 0.1) is 6.04 Å². The molecule has 0 unspecified atom stereocenters. The van der Waals surface area contributed by atoms with Crippen molar-refractivity contribution in [3.05, 3.63) is 21.3 Å². The highest BCUT2D eigenvalue weighted by molar-refractivity contribution is 7.14. The molecule has 1 atom stereocenters. The van der Waals surface area contributed by atoms with Gasteiger partial charge in [0, 0.05) is 5.56 Å². The number of nitrogens with two attached hydrogens (primary N) is 1. The summed E-state index contributed by atoms with van der Waals surface area (Å²) in [5.41, 5.74) is 5.93. The van der Waals surface area contributed by atoms with Gasteiger partial charge >= 0.3 is 0 Å². The van der Waals surface area contributed by atoms with Crippen LogP contribution in [-0.2, 0) is 0 Å². The van der Waals surface area contributed by atoms with E-state index in [0.717, 1.165) is 0 Å². The molecule has 1 rings (SSSR count). The van der Waals surface area contributed by atoms with Crippen molar-refractivity contribution in [3.63, 3.8) is 0 Å². The van der Waals surface area contributed by atoms with Crippen LogP contribution >= 0.6 is 22.9 Å². The van der Waals surface area contributed by atoms with Crippen LogP contribution in [0.15, 0.2) is 11.4 Å². The zero-order valence-electron chi connectivity index (χ0n) is 6.00. The van der Waals surface area contributed by atoms with Crippen LogP contribution in [0.1, 0.15) is 17.3 Å². The Kier molecular flexibility index (Phi) is 2.65. The van der Waals surface area contributed by atoms with Crippen LogP contribution in [0.4, 0.5) is 0 Å². The first-order chi connectivity index (χ1) is 5.13. The van der Waals surface area contributed by atoms with Gasteiger partial charge in [-0.15, -0.1) is 11.3 Å². The van der Waals surface area contributed by atoms with E-state index in [4.69, 9.17) is 17.3 Å². The molecule has 0 aliphatic heterocycles. The van der Waals surface area contributed by atoms with Gasteiger partial charge < -0.3 is 5.73 Å². The molecule has 0 bridgehead atoms. The third-order valence-electron chi connectivity index (χ3n) is 1.30. The maximum atomic E-state index is 11.2. The molecule has 60 valence electrons. The first kappa shape index (κ1) is 8.71. The first-order valence-corrected chi connectivity index (χ1v) is 4.41. The molecule has 0 aliphatic rings. The van der Waals surface area contributed by atoms with Crippen molar-refractivity contribution in [1.82, 2.24) is 0 Å². The molecule has 0 aromatic carbocycles. The van der Waals surface area contributed by atoms with Gasteiger partial charge in [0.2, 0.25) is 0 Å². The van der Waals surface area contributed by atoms with Gasteiger partial charge in [0.1, 0.15) is 4.34 Å². The lowest BCUT2D eigenvalue weighted by Crippen LogP contribution is -2.26. The minimum absolute atomic E-state index is 0.101. The van der Waals surface area contributed by atoms with Crippen LogP contribution in [0.5, 0.6) is 0 Å². The molecule has 0 aliphatic carbocycles. The Hall–Kier alpha value is -0.380. The highest BCUT2D eigenvalue weighted by Crippen LogP contribution is 2.23. The smallest absolute Gasteiger partial charge is 0.181 e. The normalized spacial score (nSPS) is 13.0. The molecular formula is C7H8ClNOS. The number of hydrogen-bond donors (Lipinski definition) is 1. The average Bonchev–Trinajstić information content (AvgIpc) is 2.33. The van der Waals surface area contributed by atoms with Gasteiger partial charge in [0.25, 0.3) is 0 Å². The zero-order chi connectivity index (χ0) is 8.43. The van der Waals surface area contributed by atoms with Crippen molar-refractivity contribution in [2.75, 3.05) is 0 Å². The van der Waals surface area contributed by atoms with E-state index in [9.17, 15) is 4.79 Å². The number of carbonyl (C=O) groups is 1. The molecule has 2 nitrogen and oxygen atoms in total. The molecule has 11 heavy (non-hydrogen) atoms. The Bertz CT molecular complexity index is 269. The molecule has 2 N–H and O–H groups in total. The van der Waals surface area contributed by atoms with Crippen molar-refractivity contribution >= 4 is 28.7 Å². The molecule has 0 radical (unpaired) electrons. The lowest BCUT2D eigenvalue weighted by atomic mass is 10.1. The second-order valence-electron chi connectivity index (χ2n) is 2.26. The Balaban J connectivity index is 2.93. The summed E-state index contributed by atoms with van der Waals surface area (Å²) in [7, 11) is 0. The molecular weight excluding hydrogens is 182 g/mol. The van der Waals surface area contributed by atoms with Crippen LogP contribution in [-0.4, -0.2) is 11.8 Å². The molecule has 0 fully saturated rings. The van der Waals surface area contributed by atoms with Gasteiger partial charge in [-0.05, 0) is 18.4 Å². The minimum Gasteiger partial charge on any atom is -0.321 e. The second-order valence-corrected chi connectivity index (χ2v) is 3.78. The van der Waals surface area contributed by atoms with Gasteiger partial charge in [-0.25, -0.2) is 0 Å². The summed E-state index contributed by atoms with van der Waals surface area (Å²) in [5, 5.41) is 1.78. The molecule has 1 aromatic heterocycles. The van der Waals surface area contributed by atoms with E-state index in [2.05, 4.69) is 0 Å². The third kappa shape index (κ3) is 1.80. The Morgan fingerprint density at radius 2 is 2.45 bits per heavy atom. The summed E-state index contributed by atoms with van der Waals surface area (Å²) in [4.78, 5) is 11.2. The van der Waals surface area contributed by atoms with Gasteiger partial charge in [-0.1, -0.05) is 11.6 Å². The number of thiophene rings is 1. The van der Waals surface area contributed by atoms with Crippen LogP contribution in [0.2, 0.25) is 4.34 Å². The number of hydrogen-bond acceptors (Lipinski definition) is 3. The molecule has 0 saturated heterocycles. The SMILES string of the molecule is C[C@@H](N)C(=O)c1ccsc1Cl. The summed E-state index contributed by atoms with van der Waals surface area (Å²) < 4.78 is 0.521. The highest BCUT2D eigenvalue weighted by atomic mass is 35.5. The van der Waals surface area contributed by atoms with Gasteiger partial charge in [-0.3, -0.25) is 4.79 Å². The average molecular weight is 190 g/mol. The quantitative estimate of drug-likeness (QED) is 0.723. The van der Waals surface area contributed by atoms with Crippen molar-refractivity contribution in [1.29, 1.82) is 0 Å². The summed E-state index contributed by atoms with van der Waals surface area (Å²) in [6.07, 6.45) is 0. The lowest BCUT2D eigenvalue weighted by Gasteiger charge is -2.00. The van der Waals surface area contributed by atoms with Crippen molar-refractivity contribution in [2.24, 2.45) is 5.73 Å². The van der Waals surface area contributed by atoms with E-state index in [0.29, 0.717) is 9.90 Å². The fraction of sp³-hybridized carbons (Fsp3) is 0.286. The van der Waals surface area contributed by atoms with Gasteiger partial charge in [-0.2, -0.15) is 0 Å². The Labute approximate surface area is 74.0 Å². The fourth-order valence-electron chi connectivity index (χ4n) is 0.715. The number of carbonyl (C=O) groups excluding carboxylic acids is 1. The van der Waals surface area contributed by atoms with E-state index in [1.54, 1.807) is 18.4 Å². The molecule has 1 aromatic rings. The van der Waals surface area contributed by atoms with E-state index in [1.807, 2.05) is 0 Å². The van der Waals surface area contributed by atoms with Crippen LogP contribution in [0, 0.1) is 0 Å². The van der Waals surface area contributed by atoms with Crippen LogP contribution in [0.3, 0.4) is 0 Å². The molecule has 4 heteroatoms. The standard InChI is InChI=1S/C7H8ClNOS/c1-4(9)6(10)5-2-3-11-7(5)8/h2-4H,9H2,1H3/t4-/m1/s1. The number of halogens is 1. The van der Waals surface area contributed by atoms with Gasteiger partial charge in [0.15, 0.2) is 5.78 Å². The van der Waals surface area contributed by atoms with E-state index in [1.165, 1.54) is 11.3 Å². The third-order valence-corrected chi connectivity index (χ3v) is 2.47. The zero-order valence-corrected chi connectivity index (χ0v) is 7.58. The molecule has 1 heterocycles. The second kappa shape index (κ2) is 3.34. The molecule has 0 amide bonds. The van der Waals surface area contributed by atoms with E-state index < -0.39 is 6.04 Å². The number of rotatable bonds is 2. The Morgan fingerprint density at radius 1 is 1.82 bits per heavy atom. The summed E-state index contributed by atoms with van der Waals surface area (Å²) >= 11 is 7.06. The summed E-state index contributed by atoms with van der Waals surface area (Å²) in [6.45, 7) is 1.65. The van der Waals surface area contributed by atoms with Crippen LogP contribution in [0.25, 0.3) is 0 Å². The molecule has 0 spiro atoms. The fourth-order valence-corrected chi connectivity index (χ4v) is 1.64. The first-order valence-electron chi connectivity index (χ1n) is 3.15. The van der Waals surface area contributed by atoms with Crippen molar-refractivity contribution in [2.45, 2.75) is 13.0 Å². The largest absolute Gasteiger partial charge is 0.321 e. The monoisotopic (exact) mass is 189 g/mol. The lowest BCUT2D eigenvalue weighted by molar-refractivity contribution is 0.0968. The van der Waals surface area contributed by atoms with Crippen molar-refractivity contribution in [3.8, 4) is 0 Å². The van der Waals surface area contributed by atoms with E-state index in [-0.39, 0.29) is 5.78 Å². The number of ketones is 1. The number of Topliss-reactive ketones (excluding diaryl/α,β-unsaturated/α-hetero) is 1. The maximum Gasteiger partial charge on any atom is 0.181 e. The predicted octanol–water partition coefficient (Wildman–Crippen LogP) is 1.93. The topological polar surface area (TPSA) is 43.1 Å². The molecule has 0 saturated carbocycles. The maximum absolute atomic E-state index is 11.2. The highest BCUT2D eigenvalue weighted by Gasteiger charge is 2.14. The minimum atomic E-state index is -0.470. The summed E-state index contributed by atoms with van der Waals surface area (Å²) in [5.74, 6) is -0.101. The predicted molar refractivity (Wildman–Crippen MR) is 47.3 cm³/mol. The van der Waals surface area contributed by atoms with Crippen LogP contribution < -0.4 is 5.73 Å². The Morgan fingerprint density at radius 3 is 2.82 bits per heavy atom.